The normalized spacial score (nSPS) is 10.0. The van der Waals surface area contributed by atoms with Crippen LogP contribution in [-0.2, 0) is 6.54 Å². The van der Waals surface area contributed by atoms with Crippen molar-refractivity contribution in [3.05, 3.63) is 95.1 Å². The molecule has 0 aliphatic heterocycles. The summed E-state index contributed by atoms with van der Waals surface area (Å²) < 4.78 is 13.6. The quantitative estimate of drug-likeness (QED) is 0.716. The van der Waals surface area contributed by atoms with Crippen LogP contribution in [0.25, 0.3) is 0 Å². The summed E-state index contributed by atoms with van der Waals surface area (Å²) in [6, 6.07) is 16.0. The Labute approximate surface area is 160 Å². The third-order valence-electron chi connectivity index (χ3n) is 3.91. The molecule has 0 saturated carbocycles. The Balaban J connectivity index is 1.69. The summed E-state index contributed by atoms with van der Waals surface area (Å²) in [5, 5.41) is 14.2. The Morgan fingerprint density at radius 3 is 2.50 bits per heavy atom. The third kappa shape index (κ3) is 4.56. The van der Waals surface area contributed by atoms with Crippen molar-refractivity contribution in [3.8, 4) is 6.07 Å². The van der Waals surface area contributed by atoms with E-state index in [1.54, 1.807) is 36.4 Å². The van der Waals surface area contributed by atoms with E-state index in [4.69, 9.17) is 5.26 Å². The Kier molecular flexibility index (Phi) is 5.72. The first kappa shape index (κ1) is 18.7. The molecular formula is C21H15FN4O2. The second-order valence-electron chi connectivity index (χ2n) is 5.88. The molecule has 3 rings (SSSR count). The molecule has 0 unspecified atom stereocenters. The molecule has 0 spiro atoms. The van der Waals surface area contributed by atoms with Crippen molar-refractivity contribution in [2.24, 2.45) is 0 Å². The zero-order chi connectivity index (χ0) is 19.9. The lowest BCUT2D eigenvalue weighted by Crippen LogP contribution is -2.24. The Morgan fingerprint density at radius 1 is 1.00 bits per heavy atom. The number of carbonyl (C=O) groups is 2. The zero-order valence-electron chi connectivity index (χ0n) is 14.6. The molecule has 2 amide bonds. The molecule has 6 nitrogen and oxygen atoms in total. The number of nitrogens with one attached hydrogen (secondary N) is 2. The molecule has 1 aromatic heterocycles. The topological polar surface area (TPSA) is 94.9 Å². The predicted octanol–water partition coefficient (Wildman–Crippen LogP) is 3.27. The second kappa shape index (κ2) is 8.56. The summed E-state index contributed by atoms with van der Waals surface area (Å²) in [5.41, 5.74) is 1.58. The van der Waals surface area contributed by atoms with Crippen LogP contribution in [0.15, 0.2) is 67.0 Å². The van der Waals surface area contributed by atoms with E-state index in [1.807, 2.05) is 6.07 Å². The fourth-order valence-electron chi connectivity index (χ4n) is 2.48. The molecule has 7 heteroatoms. The van der Waals surface area contributed by atoms with Gasteiger partial charge in [0.15, 0.2) is 0 Å². The van der Waals surface area contributed by atoms with Crippen LogP contribution >= 0.6 is 0 Å². The number of anilines is 1. The third-order valence-corrected chi connectivity index (χ3v) is 3.91. The smallest absolute Gasteiger partial charge is 0.257 e. The van der Waals surface area contributed by atoms with Crippen molar-refractivity contribution in [2.45, 2.75) is 6.54 Å². The number of hydrogen-bond acceptors (Lipinski definition) is 4. The number of rotatable bonds is 5. The van der Waals surface area contributed by atoms with Gasteiger partial charge in [-0.3, -0.25) is 14.6 Å². The molecule has 3 aromatic rings. The lowest BCUT2D eigenvalue weighted by atomic mass is 10.1. The molecule has 1 heterocycles. The molecule has 0 saturated heterocycles. The molecule has 0 bridgehead atoms. The number of amides is 2. The van der Waals surface area contributed by atoms with E-state index in [0.29, 0.717) is 16.8 Å². The van der Waals surface area contributed by atoms with Gasteiger partial charge in [-0.25, -0.2) is 4.39 Å². The summed E-state index contributed by atoms with van der Waals surface area (Å²) in [6.45, 7) is 0.0167. The van der Waals surface area contributed by atoms with Gasteiger partial charge in [-0.2, -0.15) is 5.26 Å². The summed E-state index contributed by atoms with van der Waals surface area (Å²) in [6.07, 6.45) is 2.65. The maximum Gasteiger partial charge on any atom is 0.257 e. The fourth-order valence-corrected chi connectivity index (χ4v) is 2.48. The molecule has 0 radical (unpaired) electrons. The minimum atomic E-state index is -0.475. The highest BCUT2D eigenvalue weighted by Crippen LogP contribution is 2.12. The first-order chi connectivity index (χ1) is 13.6. The number of halogens is 1. The van der Waals surface area contributed by atoms with Crippen LogP contribution in [0.4, 0.5) is 10.1 Å². The number of aromatic nitrogens is 1. The maximum atomic E-state index is 13.6. The average Bonchev–Trinajstić information content (AvgIpc) is 2.73. The van der Waals surface area contributed by atoms with Gasteiger partial charge in [-0.15, -0.1) is 0 Å². The van der Waals surface area contributed by atoms with Gasteiger partial charge in [0.2, 0.25) is 0 Å². The SMILES string of the molecule is N#Cc1cccc(NC(=O)c2cncc(C(=O)NCc3ccccc3F)c2)c1. The standard InChI is InChI=1S/C21H15FN4O2/c22-19-7-2-1-5-15(19)13-25-20(27)16-9-17(12-24-11-16)21(28)26-18-6-3-4-14(8-18)10-23/h1-9,11-12H,13H2,(H,25,27)(H,26,28). The Morgan fingerprint density at radius 2 is 1.75 bits per heavy atom. The van der Waals surface area contributed by atoms with Gasteiger partial charge >= 0.3 is 0 Å². The zero-order valence-corrected chi connectivity index (χ0v) is 14.6. The molecular weight excluding hydrogens is 359 g/mol. The van der Waals surface area contributed by atoms with Crippen LogP contribution < -0.4 is 10.6 Å². The highest BCUT2D eigenvalue weighted by Gasteiger charge is 2.12. The molecule has 138 valence electrons. The molecule has 2 aromatic carbocycles. The van der Waals surface area contributed by atoms with Crippen molar-refractivity contribution in [1.82, 2.24) is 10.3 Å². The minimum Gasteiger partial charge on any atom is -0.348 e. The average molecular weight is 374 g/mol. The highest BCUT2D eigenvalue weighted by molar-refractivity contribution is 6.05. The monoisotopic (exact) mass is 374 g/mol. The summed E-state index contributed by atoms with van der Waals surface area (Å²) in [5.74, 6) is -1.35. The molecule has 0 aliphatic carbocycles. The van der Waals surface area contributed by atoms with Gasteiger partial charge in [-0.1, -0.05) is 24.3 Å². The van der Waals surface area contributed by atoms with Crippen LogP contribution in [0, 0.1) is 17.1 Å². The number of nitrogens with zero attached hydrogens (tertiary/aromatic N) is 2. The first-order valence-electron chi connectivity index (χ1n) is 8.35. The van der Waals surface area contributed by atoms with Crippen molar-refractivity contribution >= 4 is 17.5 Å². The lowest BCUT2D eigenvalue weighted by Gasteiger charge is -2.08. The predicted molar refractivity (Wildman–Crippen MR) is 101 cm³/mol. The van der Waals surface area contributed by atoms with Gasteiger partial charge < -0.3 is 10.6 Å². The van der Waals surface area contributed by atoms with E-state index < -0.39 is 17.6 Å². The van der Waals surface area contributed by atoms with Crippen molar-refractivity contribution in [1.29, 1.82) is 5.26 Å². The lowest BCUT2D eigenvalue weighted by molar-refractivity contribution is 0.0950. The summed E-state index contributed by atoms with van der Waals surface area (Å²) in [4.78, 5) is 28.6. The van der Waals surface area contributed by atoms with Crippen LogP contribution in [0.1, 0.15) is 31.8 Å². The molecule has 0 fully saturated rings. The van der Waals surface area contributed by atoms with Crippen molar-refractivity contribution in [2.75, 3.05) is 5.32 Å². The van der Waals surface area contributed by atoms with Crippen LogP contribution in [0.5, 0.6) is 0 Å². The molecule has 0 aliphatic rings. The van der Waals surface area contributed by atoms with Gasteiger partial charge in [0, 0.05) is 30.2 Å². The largest absolute Gasteiger partial charge is 0.348 e. The maximum absolute atomic E-state index is 13.6. The van der Waals surface area contributed by atoms with Crippen LogP contribution in [-0.4, -0.2) is 16.8 Å². The van der Waals surface area contributed by atoms with Gasteiger partial charge in [0.05, 0.1) is 22.8 Å². The second-order valence-corrected chi connectivity index (χ2v) is 5.88. The van der Waals surface area contributed by atoms with Gasteiger partial charge in [-0.05, 0) is 30.3 Å². The van der Waals surface area contributed by atoms with Crippen molar-refractivity contribution in [3.63, 3.8) is 0 Å². The van der Waals surface area contributed by atoms with Gasteiger partial charge in [0.1, 0.15) is 5.82 Å². The van der Waals surface area contributed by atoms with Crippen molar-refractivity contribution < 1.29 is 14.0 Å². The minimum absolute atomic E-state index is 0.0167. The summed E-state index contributed by atoms with van der Waals surface area (Å²) in [7, 11) is 0. The number of nitriles is 1. The van der Waals surface area contributed by atoms with Crippen LogP contribution in [0.2, 0.25) is 0 Å². The number of benzene rings is 2. The Bertz CT molecular complexity index is 1080. The van der Waals surface area contributed by atoms with Gasteiger partial charge in [0.25, 0.3) is 11.8 Å². The first-order valence-corrected chi connectivity index (χ1v) is 8.35. The number of hydrogen-bond donors (Lipinski definition) is 2. The molecule has 0 atom stereocenters. The van der Waals surface area contributed by atoms with E-state index in [-0.39, 0.29) is 17.7 Å². The van der Waals surface area contributed by atoms with E-state index in [0.717, 1.165) is 0 Å². The summed E-state index contributed by atoms with van der Waals surface area (Å²) >= 11 is 0. The Hall–Kier alpha value is -4.05. The fraction of sp³-hybridized carbons (Fsp3) is 0.0476. The van der Waals surface area contributed by atoms with E-state index in [1.165, 1.54) is 30.6 Å². The van der Waals surface area contributed by atoms with E-state index in [9.17, 15) is 14.0 Å². The molecule has 2 N–H and O–H groups in total. The van der Waals surface area contributed by atoms with Crippen LogP contribution in [0.3, 0.4) is 0 Å². The number of pyridine rings is 1. The van der Waals surface area contributed by atoms with E-state index >= 15 is 0 Å². The van der Waals surface area contributed by atoms with E-state index in [2.05, 4.69) is 15.6 Å². The highest BCUT2D eigenvalue weighted by atomic mass is 19.1. The molecule has 28 heavy (non-hydrogen) atoms. The number of carbonyl (C=O) groups excluding carboxylic acids is 2.